The van der Waals surface area contributed by atoms with Crippen LogP contribution in [0.4, 0.5) is 8.78 Å². The number of rotatable bonds is 4. The SMILES string of the molecule is C=C(C)NSc1ccc(Cl)c(C(C)(F)F)c1. The molecule has 1 aromatic carbocycles. The van der Waals surface area contributed by atoms with Gasteiger partial charge in [0.25, 0.3) is 5.92 Å². The lowest BCUT2D eigenvalue weighted by molar-refractivity contribution is 0.0174. The van der Waals surface area contributed by atoms with E-state index in [1.54, 1.807) is 13.0 Å². The minimum Gasteiger partial charge on any atom is -0.330 e. The summed E-state index contributed by atoms with van der Waals surface area (Å²) in [6.45, 7) is 6.27. The van der Waals surface area contributed by atoms with Crippen LogP contribution < -0.4 is 4.72 Å². The normalized spacial score (nSPS) is 11.3. The number of hydrogen-bond donors (Lipinski definition) is 1. The Morgan fingerprint density at radius 2 is 2.12 bits per heavy atom. The van der Waals surface area contributed by atoms with Crippen LogP contribution in [-0.2, 0) is 5.92 Å². The molecule has 1 aromatic rings. The Balaban J connectivity index is 2.94. The van der Waals surface area contributed by atoms with E-state index < -0.39 is 5.92 Å². The number of hydrogen-bond acceptors (Lipinski definition) is 2. The number of allylic oxidation sites excluding steroid dienone is 1. The van der Waals surface area contributed by atoms with Crippen LogP contribution in [0.2, 0.25) is 5.02 Å². The molecular weight excluding hydrogens is 252 g/mol. The van der Waals surface area contributed by atoms with Crippen LogP contribution in [0.25, 0.3) is 0 Å². The van der Waals surface area contributed by atoms with Gasteiger partial charge >= 0.3 is 0 Å². The molecule has 1 nitrogen and oxygen atoms in total. The molecule has 0 saturated carbocycles. The smallest absolute Gasteiger partial charge is 0.271 e. The third-order valence-corrected chi connectivity index (χ3v) is 3.02. The highest BCUT2D eigenvalue weighted by Gasteiger charge is 2.27. The molecule has 0 bridgehead atoms. The lowest BCUT2D eigenvalue weighted by Crippen LogP contribution is -2.08. The van der Waals surface area contributed by atoms with Crippen LogP contribution in [0.3, 0.4) is 0 Å². The summed E-state index contributed by atoms with van der Waals surface area (Å²) < 4.78 is 29.2. The molecule has 0 amide bonds. The highest BCUT2D eigenvalue weighted by molar-refractivity contribution is 7.97. The predicted molar refractivity (Wildman–Crippen MR) is 64.8 cm³/mol. The van der Waals surface area contributed by atoms with Gasteiger partial charge in [0.2, 0.25) is 0 Å². The van der Waals surface area contributed by atoms with E-state index in [0.717, 1.165) is 12.6 Å². The third-order valence-electron chi connectivity index (χ3n) is 1.75. The Hall–Kier alpha value is -0.740. The second kappa shape index (κ2) is 5.06. The predicted octanol–water partition coefficient (Wildman–Crippen LogP) is 4.58. The summed E-state index contributed by atoms with van der Waals surface area (Å²) in [5.74, 6) is -2.93. The summed E-state index contributed by atoms with van der Waals surface area (Å²) in [7, 11) is 0. The largest absolute Gasteiger partial charge is 0.330 e. The Kier molecular flexibility index (Phi) is 4.21. The summed E-state index contributed by atoms with van der Waals surface area (Å²) in [4.78, 5) is 0.670. The Morgan fingerprint density at radius 1 is 1.50 bits per heavy atom. The first-order valence-electron chi connectivity index (χ1n) is 4.57. The zero-order valence-electron chi connectivity index (χ0n) is 8.98. The molecule has 0 aliphatic rings. The molecule has 0 unspecified atom stereocenters. The Bertz CT molecular complexity index is 401. The zero-order chi connectivity index (χ0) is 12.3. The van der Waals surface area contributed by atoms with Gasteiger partial charge in [-0.2, -0.15) is 0 Å². The maximum absolute atomic E-state index is 13.2. The molecule has 0 saturated heterocycles. The average Bonchev–Trinajstić information content (AvgIpc) is 2.14. The van der Waals surface area contributed by atoms with Crippen molar-refractivity contribution in [2.45, 2.75) is 24.7 Å². The summed E-state index contributed by atoms with van der Waals surface area (Å²) in [5.41, 5.74) is 0.590. The van der Waals surface area contributed by atoms with Crippen LogP contribution in [0.15, 0.2) is 35.4 Å². The van der Waals surface area contributed by atoms with Gasteiger partial charge in [-0.1, -0.05) is 18.2 Å². The third kappa shape index (κ3) is 3.68. The van der Waals surface area contributed by atoms with Crippen molar-refractivity contribution in [3.63, 3.8) is 0 Å². The molecule has 16 heavy (non-hydrogen) atoms. The summed E-state index contributed by atoms with van der Waals surface area (Å²) in [5, 5.41) is 0.0761. The van der Waals surface area contributed by atoms with E-state index in [1.165, 1.54) is 24.1 Å². The van der Waals surface area contributed by atoms with Gasteiger partial charge in [0, 0.05) is 28.1 Å². The van der Waals surface area contributed by atoms with Gasteiger partial charge in [-0.05, 0) is 37.1 Å². The van der Waals surface area contributed by atoms with Gasteiger partial charge in [0.15, 0.2) is 0 Å². The Morgan fingerprint density at radius 3 is 2.62 bits per heavy atom. The monoisotopic (exact) mass is 263 g/mol. The van der Waals surface area contributed by atoms with Crippen LogP contribution in [0, 0.1) is 0 Å². The van der Waals surface area contributed by atoms with Gasteiger partial charge in [-0.15, -0.1) is 0 Å². The zero-order valence-corrected chi connectivity index (χ0v) is 10.6. The van der Waals surface area contributed by atoms with Crippen molar-refractivity contribution in [1.82, 2.24) is 4.72 Å². The van der Waals surface area contributed by atoms with Gasteiger partial charge in [0.1, 0.15) is 0 Å². The van der Waals surface area contributed by atoms with Crippen molar-refractivity contribution in [2.75, 3.05) is 0 Å². The average molecular weight is 264 g/mol. The first kappa shape index (κ1) is 13.3. The fourth-order valence-electron chi connectivity index (χ4n) is 1.05. The highest BCUT2D eigenvalue weighted by atomic mass is 35.5. The van der Waals surface area contributed by atoms with E-state index in [4.69, 9.17) is 11.6 Å². The molecule has 0 fully saturated rings. The molecule has 0 aliphatic heterocycles. The van der Waals surface area contributed by atoms with E-state index in [9.17, 15) is 8.78 Å². The lowest BCUT2D eigenvalue weighted by Gasteiger charge is -2.14. The molecule has 1 N–H and O–H groups in total. The fraction of sp³-hybridized carbons (Fsp3) is 0.273. The molecule has 0 radical (unpaired) electrons. The summed E-state index contributed by atoms with van der Waals surface area (Å²) in [6, 6.07) is 4.53. The van der Waals surface area contributed by atoms with Crippen LogP contribution in [0.5, 0.6) is 0 Å². The molecule has 0 aliphatic carbocycles. The van der Waals surface area contributed by atoms with Crippen LogP contribution in [0.1, 0.15) is 19.4 Å². The van der Waals surface area contributed by atoms with Crippen molar-refractivity contribution in [3.8, 4) is 0 Å². The second-order valence-corrected chi connectivity index (χ2v) is 4.80. The molecule has 88 valence electrons. The highest BCUT2D eigenvalue weighted by Crippen LogP contribution is 2.35. The number of alkyl halides is 2. The van der Waals surface area contributed by atoms with Crippen molar-refractivity contribution in [3.05, 3.63) is 41.1 Å². The molecule has 0 spiro atoms. The van der Waals surface area contributed by atoms with E-state index in [0.29, 0.717) is 4.90 Å². The molecule has 1 rings (SSSR count). The molecule has 0 aromatic heterocycles. The van der Waals surface area contributed by atoms with Crippen LogP contribution >= 0.6 is 23.5 Å². The van der Waals surface area contributed by atoms with Gasteiger partial charge in [-0.25, -0.2) is 8.78 Å². The van der Waals surface area contributed by atoms with Gasteiger partial charge < -0.3 is 4.72 Å². The second-order valence-electron chi connectivity index (χ2n) is 3.51. The number of nitrogens with one attached hydrogen (secondary N) is 1. The molecule has 0 heterocycles. The molecule has 5 heteroatoms. The fourth-order valence-corrected chi connectivity index (χ4v) is 1.94. The molecular formula is C11H12ClF2NS. The van der Waals surface area contributed by atoms with Crippen molar-refractivity contribution in [2.24, 2.45) is 0 Å². The van der Waals surface area contributed by atoms with Crippen molar-refractivity contribution >= 4 is 23.5 Å². The molecule has 0 atom stereocenters. The minimum atomic E-state index is -2.93. The van der Waals surface area contributed by atoms with E-state index >= 15 is 0 Å². The lowest BCUT2D eigenvalue weighted by atomic mass is 10.1. The maximum Gasteiger partial charge on any atom is 0.271 e. The van der Waals surface area contributed by atoms with Gasteiger partial charge in [-0.3, -0.25) is 0 Å². The van der Waals surface area contributed by atoms with E-state index in [-0.39, 0.29) is 10.6 Å². The van der Waals surface area contributed by atoms with Crippen LogP contribution in [-0.4, -0.2) is 0 Å². The number of halogens is 3. The number of benzene rings is 1. The van der Waals surface area contributed by atoms with E-state index in [2.05, 4.69) is 11.3 Å². The Labute approximate surface area is 103 Å². The quantitative estimate of drug-likeness (QED) is 0.798. The van der Waals surface area contributed by atoms with Crippen molar-refractivity contribution < 1.29 is 8.78 Å². The maximum atomic E-state index is 13.2. The minimum absolute atomic E-state index is 0.0761. The topological polar surface area (TPSA) is 12.0 Å². The van der Waals surface area contributed by atoms with Crippen molar-refractivity contribution in [1.29, 1.82) is 0 Å². The first-order valence-corrected chi connectivity index (χ1v) is 5.76. The summed E-state index contributed by atoms with van der Waals surface area (Å²) >= 11 is 6.94. The first-order chi connectivity index (χ1) is 7.30. The van der Waals surface area contributed by atoms with Gasteiger partial charge in [0.05, 0.1) is 0 Å². The van der Waals surface area contributed by atoms with E-state index in [1.807, 2.05) is 0 Å². The standard InChI is InChI=1S/C11H12ClF2NS/c1-7(2)15-16-8-4-5-10(12)9(6-8)11(3,13)14/h4-6,15H,1H2,2-3H3. The summed E-state index contributed by atoms with van der Waals surface area (Å²) in [6.07, 6.45) is 0.